The first-order valence-corrected chi connectivity index (χ1v) is 13.6. The molecular weight excluding hydrogens is 462 g/mol. The van der Waals surface area contributed by atoms with Crippen LogP contribution in [0.4, 0.5) is 0 Å². The molecular formula is C29H37N7O. The molecule has 1 saturated carbocycles. The van der Waals surface area contributed by atoms with E-state index in [2.05, 4.69) is 76.2 Å². The number of benzene rings is 1. The summed E-state index contributed by atoms with van der Waals surface area (Å²) in [5.74, 6) is 2.17. The van der Waals surface area contributed by atoms with E-state index >= 15 is 0 Å². The lowest BCUT2D eigenvalue weighted by Crippen LogP contribution is -2.33. The van der Waals surface area contributed by atoms with Crippen molar-refractivity contribution in [3.05, 3.63) is 70.7 Å². The van der Waals surface area contributed by atoms with Crippen molar-refractivity contribution >= 4 is 0 Å². The number of unbranched alkanes of at least 4 members (excludes halogenated alkanes) is 1. The molecule has 8 heteroatoms. The minimum atomic E-state index is 0.0989. The van der Waals surface area contributed by atoms with Gasteiger partial charge >= 0.3 is 5.69 Å². The van der Waals surface area contributed by atoms with Gasteiger partial charge in [0.15, 0.2) is 0 Å². The fourth-order valence-corrected chi connectivity index (χ4v) is 5.94. The lowest BCUT2D eigenvalue weighted by atomic mass is 9.89. The summed E-state index contributed by atoms with van der Waals surface area (Å²) in [4.78, 5) is 18.5. The summed E-state index contributed by atoms with van der Waals surface area (Å²) in [6.07, 6.45) is 9.41. The number of nitrogens with one attached hydrogen (secondary N) is 1. The van der Waals surface area contributed by atoms with Crippen LogP contribution in [0.3, 0.4) is 0 Å². The summed E-state index contributed by atoms with van der Waals surface area (Å²) in [5, 5.41) is 14.4. The molecule has 37 heavy (non-hydrogen) atoms. The molecule has 0 saturated heterocycles. The highest BCUT2D eigenvalue weighted by Crippen LogP contribution is 2.43. The molecule has 0 aliphatic heterocycles. The normalized spacial score (nSPS) is 19.6. The Labute approximate surface area is 218 Å². The molecule has 0 amide bonds. The first-order chi connectivity index (χ1) is 18.0. The second kappa shape index (κ2) is 10.8. The maximum Gasteiger partial charge on any atom is 0.328 e. The quantitative estimate of drug-likeness (QED) is 0.327. The van der Waals surface area contributed by atoms with Crippen LogP contribution in [0.2, 0.25) is 0 Å². The summed E-state index contributed by atoms with van der Waals surface area (Å²) in [6.45, 7) is 9.55. The Kier molecular flexibility index (Phi) is 7.35. The molecule has 1 aliphatic rings. The fourth-order valence-electron chi connectivity index (χ4n) is 5.94. The Bertz CT molecular complexity index is 1390. The number of H-pyrrole nitrogens is 1. The summed E-state index contributed by atoms with van der Waals surface area (Å²) < 4.78 is 4.02. The minimum Gasteiger partial charge on any atom is -0.295 e. The standard InChI is InChI=1S/C29H37N7O/c1-5-6-10-25-18-36(27-20(4)11-12-26(27)19(2)3)29(37)35(25)17-24-16-22(13-14-30-24)21-8-7-9-23(15-21)28-31-33-34-32-28/h7-9,13-16,18-20,26-27H,5-6,10-12,17H2,1-4H3,(H,31,32,33,34). The van der Waals surface area contributed by atoms with Crippen LogP contribution in [0.15, 0.2) is 53.6 Å². The highest BCUT2D eigenvalue weighted by molar-refractivity contribution is 5.70. The minimum absolute atomic E-state index is 0.0989. The summed E-state index contributed by atoms with van der Waals surface area (Å²) in [6, 6.07) is 12.4. The van der Waals surface area contributed by atoms with Crippen LogP contribution >= 0.6 is 0 Å². The van der Waals surface area contributed by atoms with E-state index in [0.717, 1.165) is 47.3 Å². The van der Waals surface area contributed by atoms with Gasteiger partial charge in [0.25, 0.3) is 0 Å². The van der Waals surface area contributed by atoms with E-state index in [9.17, 15) is 4.79 Å². The molecule has 194 valence electrons. The number of pyridine rings is 1. The van der Waals surface area contributed by atoms with Gasteiger partial charge in [0, 0.05) is 29.7 Å². The van der Waals surface area contributed by atoms with Crippen molar-refractivity contribution in [2.45, 2.75) is 72.4 Å². The van der Waals surface area contributed by atoms with Crippen molar-refractivity contribution in [1.82, 2.24) is 34.7 Å². The van der Waals surface area contributed by atoms with E-state index in [-0.39, 0.29) is 11.7 Å². The van der Waals surface area contributed by atoms with Crippen LogP contribution in [0.25, 0.3) is 22.5 Å². The predicted molar refractivity (Wildman–Crippen MR) is 145 cm³/mol. The molecule has 0 radical (unpaired) electrons. The third kappa shape index (κ3) is 5.15. The van der Waals surface area contributed by atoms with E-state index in [0.29, 0.717) is 30.1 Å². The summed E-state index contributed by atoms with van der Waals surface area (Å²) in [7, 11) is 0. The van der Waals surface area contributed by atoms with E-state index < -0.39 is 0 Å². The average Bonchev–Trinajstić information content (AvgIpc) is 3.64. The van der Waals surface area contributed by atoms with Crippen molar-refractivity contribution in [1.29, 1.82) is 0 Å². The van der Waals surface area contributed by atoms with Crippen LogP contribution in [-0.4, -0.2) is 34.7 Å². The summed E-state index contributed by atoms with van der Waals surface area (Å²) in [5.41, 5.74) is 5.07. The zero-order valence-electron chi connectivity index (χ0n) is 22.3. The number of aromatic nitrogens is 7. The number of hydrogen-bond acceptors (Lipinski definition) is 5. The van der Waals surface area contributed by atoms with Crippen molar-refractivity contribution in [3.8, 4) is 22.5 Å². The Balaban J connectivity index is 1.48. The molecule has 5 rings (SSSR count). The lowest BCUT2D eigenvalue weighted by Gasteiger charge is -2.26. The highest BCUT2D eigenvalue weighted by atomic mass is 16.1. The average molecular weight is 500 g/mol. The Morgan fingerprint density at radius 2 is 1.92 bits per heavy atom. The van der Waals surface area contributed by atoms with Gasteiger partial charge in [-0.25, -0.2) is 4.79 Å². The van der Waals surface area contributed by atoms with Gasteiger partial charge in [-0.1, -0.05) is 52.3 Å². The molecule has 3 aromatic heterocycles. The van der Waals surface area contributed by atoms with Gasteiger partial charge in [-0.05, 0) is 78.0 Å². The zero-order chi connectivity index (χ0) is 25.9. The van der Waals surface area contributed by atoms with Gasteiger partial charge in [0.2, 0.25) is 5.82 Å². The number of rotatable bonds is 9. The number of aromatic amines is 1. The highest BCUT2D eigenvalue weighted by Gasteiger charge is 2.37. The molecule has 3 atom stereocenters. The van der Waals surface area contributed by atoms with Gasteiger partial charge in [0.05, 0.1) is 12.2 Å². The van der Waals surface area contributed by atoms with Crippen molar-refractivity contribution < 1.29 is 0 Å². The Hall–Kier alpha value is -3.55. The molecule has 1 fully saturated rings. The second-order valence-electron chi connectivity index (χ2n) is 10.8. The van der Waals surface area contributed by atoms with Gasteiger partial charge in [-0.2, -0.15) is 5.21 Å². The van der Waals surface area contributed by atoms with Crippen LogP contribution < -0.4 is 5.69 Å². The van der Waals surface area contributed by atoms with Crippen LogP contribution in [-0.2, 0) is 13.0 Å². The third-order valence-corrected chi connectivity index (χ3v) is 7.96. The molecule has 3 heterocycles. The van der Waals surface area contributed by atoms with Gasteiger partial charge < -0.3 is 0 Å². The van der Waals surface area contributed by atoms with Crippen molar-refractivity contribution in [3.63, 3.8) is 0 Å². The van der Waals surface area contributed by atoms with Crippen LogP contribution in [0, 0.1) is 17.8 Å². The van der Waals surface area contributed by atoms with Gasteiger partial charge in [0.1, 0.15) is 0 Å². The SMILES string of the molecule is CCCCc1cn(C2C(C)CCC2C(C)C)c(=O)n1Cc1cc(-c2cccc(-c3nn[nH]n3)c2)ccn1. The lowest BCUT2D eigenvalue weighted by molar-refractivity contribution is 0.255. The maximum absolute atomic E-state index is 13.9. The van der Waals surface area contributed by atoms with Gasteiger partial charge in [-0.15, -0.1) is 10.2 Å². The predicted octanol–water partition coefficient (Wildman–Crippen LogP) is 5.53. The first kappa shape index (κ1) is 25.1. The number of tetrazole rings is 1. The molecule has 0 spiro atoms. The number of nitrogens with zero attached hydrogens (tertiary/aromatic N) is 6. The van der Waals surface area contributed by atoms with Crippen molar-refractivity contribution in [2.75, 3.05) is 0 Å². The van der Waals surface area contributed by atoms with Gasteiger partial charge in [-0.3, -0.25) is 14.1 Å². The molecule has 0 bridgehead atoms. The molecule has 1 N–H and O–H groups in total. The topological polar surface area (TPSA) is 94.3 Å². The van der Waals surface area contributed by atoms with Crippen LogP contribution in [0.5, 0.6) is 0 Å². The van der Waals surface area contributed by atoms with E-state index in [1.807, 2.05) is 35.0 Å². The Morgan fingerprint density at radius 1 is 1.11 bits per heavy atom. The summed E-state index contributed by atoms with van der Waals surface area (Å²) >= 11 is 0. The first-order valence-electron chi connectivity index (χ1n) is 13.6. The third-order valence-electron chi connectivity index (χ3n) is 7.96. The Morgan fingerprint density at radius 3 is 2.68 bits per heavy atom. The second-order valence-corrected chi connectivity index (χ2v) is 10.8. The number of hydrogen-bond donors (Lipinski definition) is 1. The van der Waals surface area contributed by atoms with Crippen molar-refractivity contribution in [2.24, 2.45) is 17.8 Å². The molecule has 8 nitrogen and oxygen atoms in total. The monoisotopic (exact) mass is 499 g/mol. The van der Waals surface area contributed by atoms with E-state index in [1.165, 1.54) is 12.8 Å². The van der Waals surface area contributed by atoms with E-state index in [4.69, 9.17) is 0 Å². The number of aryl methyl sites for hydroxylation is 1. The fraction of sp³-hybridized carbons (Fsp3) is 0.483. The molecule has 3 unspecified atom stereocenters. The van der Waals surface area contributed by atoms with E-state index in [1.54, 1.807) is 0 Å². The largest absolute Gasteiger partial charge is 0.328 e. The van der Waals surface area contributed by atoms with Crippen LogP contribution in [0.1, 0.15) is 70.8 Å². The zero-order valence-corrected chi connectivity index (χ0v) is 22.3. The maximum atomic E-state index is 13.9. The number of imidazole rings is 1. The molecule has 1 aliphatic carbocycles. The smallest absolute Gasteiger partial charge is 0.295 e. The molecule has 1 aromatic carbocycles. The molecule has 4 aromatic rings.